The van der Waals surface area contributed by atoms with Crippen molar-refractivity contribution < 1.29 is 19.7 Å². The van der Waals surface area contributed by atoms with Crippen LogP contribution >= 0.6 is 11.3 Å². The second-order valence-electron chi connectivity index (χ2n) is 11.4. The van der Waals surface area contributed by atoms with E-state index in [0.717, 1.165) is 53.8 Å². The lowest BCUT2D eigenvalue weighted by molar-refractivity contribution is -0.142. The van der Waals surface area contributed by atoms with Crippen LogP contribution < -0.4 is 4.74 Å². The van der Waals surface area contributed by atoms with E-state index in [1.807, 2.05) is 12.1 Å². The highest BCUT2D eigenvalue weighted by Gasteiger charge is 2.30. The number of likely N-dealkylation sites (tertiary alicyclic amines) is 2. The average molecular weight is 571 g/mol. The predicted molar refractivity (Wildman–Crippen MR) is 165 cm³/mol. The molecule has 3 aromatic carbocycles. The zero-order valence-corrected chi connectivity index (χ0v) is 24.5. The summed E-state index contributed by atoms with van der Waals surface area (Å²) in [4.78, 5) is 17.4. The first-order valence-electron chi connectivity index (χ1n) is 14.7. The van der Waals surface area contributed by atoms with Crippen molar-refractivity contribution in [1.82, 2.24) is 9.80 Å². The van der Waals surface area contributed by atoms with Crippen LogP contribution in [0.5, 0.6) is 11.5 Å². The number of phenols is 1. The molecular weight excluding hydrogens is 532 g/mol. The highest BCUT2D eigenvalue weighted by atomic mass is 32.1. The third-order valence-corrected chi connectivity index (χ3v) is 9.82. The monoisotopic (exact) mass is 570 g/mol. The van der Waals surface area contributed by atoms with Gasteiger partial charge >= 0.3 is 5.97 Å². The van der Waals surface area contributed by atoms with Crippen LogP contribution in [0.15, 0.2) is 60.7 Å². The first-order valence-corrected chi connectivity index (χ1v) is 15.5. The molecule has 3 heterocycles. The van der Waals surface area contributed by atoms with Gasteiger partial charge in [0.05, 0.1) is 0 Å². The van der Waals surface area contributed by atoms with Crippen molar-refractivity contribution in [3.8, 4) is 21.9 Å². The van der Waals surface area contributed by atoms with E-state index >= 15 is 0 Å². The third-order valence-electron chi connectivity index (χ3n) is 8.58. The molecule has 0 radical (unpaired) electrons. The number of rotatable bonds is 10. The maximum atomic E-state index is 11.6. The SMILES string of the molecule is Cc1cc(Cc2c(-c3ccc(OCCN4CCCC4)cc3)sc3cc(O)ccc23)ccc1CN1CCC[C@H]1C(=O)O. The maximum absolute atomic E-state index is 11.6. The number of benzene rings is 3. The predicted octanol–water partition coefficient (Wildman–Crippen LogP) is 6.70. The van der Waals surface area contributed by atoms with Crippen molar-refractivity contribution in [3.05, 3.63) is 82.9 Å². The fraction of sp³-hybridized carbons (Fsp3) is 0.382. The molecular formula is C34H38N2O4S. The molecule has 0 bridgehead atoms. The Morgan fingerprint density at radius 1 is 1.00 bits per heavy atom. The Labute approximate surface area is 245 Å². The van der Waals surface area contributed by atoms with Gasteiger partial charge in [0.25, 0.3) is 0 Å². The molecule has 0 amide bonds. The van der Waals surface area contributed by atoms with Crippen LogP contribution in [0.2, 0.25) is 0 Å². The van der Waals surface area contributed by atoms with Gasteiger partial charge in [-0.1, -0.05) is 18.2 Å². The third kappa shape index (κ3) is 6.27. The number of hydrogen-bond acceptors (Lipinski definition) is 6. The number of carbonyl (C=O) groups is 1. The summed E-state index contributed by atoms with van der Waals surface area (Å²) in [5.41, 5.74) is 5.99. The van der Waals surface area contributed by atoms with Gasteiger partial charge in [-0.05, 0) is 134 Å². The van der Waals surface area contributed by atoms with Crippen molar-refractivity contribution in [2.24, 2.45) is 0 Å². The Bertz CT molecular complexity index is 1520. The normalized spacial score (nSPS) is 17.9. The van der Waals surface area contributed by atoms with Crippen LogP contribution in [0, 0.1) is 6.92 Å². The number of nitrogens with zero attached hydrogens (tertiary/aromatic N) is 2. The van der Waals surface area contributed by atoms with Crippen LogP contribution in [0.25, 0.3) is 20.5 Å². The highest BCUT2D eigenvalue weighted by Crippen LogP contribution is 2.41. The fourth-order valence-corrected chi connectivity index (χ4v) is 7.57. The van der Waals surface area contributed by atoms with Crippen LogP contribution in [0.4, 0.5) is 0 Å². The molecule has 7 heteroatoms. The summed E-state index contributed by atoms with van der Waals surface area (Å²) in [5.74, 6) is 0.448. The molecule has 6 nitrogen and oxygen atoms in total. The molecule has 1 aromatic heterocycles. The Morgan fingerprint density at radius 2 is 1.80 bits per heavy atom. The molecule has 41 heavy (non-hydrogen) atoms. The molecule has 2 aliphatic rings. The van der Waals surface area contributed by atoms with Gasteiger partial charge in [-0.15, -0.1) is 11.3 Å². The quantitative estimate of drug-likeness (QED) is 0.221. The summed E-state index contributed by atoms with van der Waals surface area (Å²) >= 11 is 1.71. The standard InChI is InChI=1S/C34H38N2O4S/c1-23-19-24(6-7-26(23)22-36-16-4-5-31(36)34(38)39)20-30-29-13-10-27(37)21-32(29)41-33(30)25-8-11-28(12-9-25)40-18-17-35-14-2-3-15-35/h6-13,19,21,31,37H,2-5,14-18,20,22H2,1H3,(H,38,39)/t31-/m0/s1. The van der Waals surface area contributed by atoms with Gasteiger partial charge < -0.3 is 14.9 Å². The first kappa shape index (κ1) is 27.8. The van der Waals surface area contributed by atoms with Crippen molar-refractivity contribution in [1.29, 1.82) is 0 Å². The summed E-state index contributed by atoms with van der Waals surface area (Å²) in [7, 11) is 0. The number of carboxylic acid groups (broad SMARTS) is 1. The highest BCUT2D eigenvalue weighted by molar-refractivity contribution is 7.22. The van der Waals surface area contributed by atoms with Crippen molar-refractivity contribution in [2.75, 3.05) is 32.8 Å². The molecule has 2 saturated heterocycles. The van der Waals surface area contributed by atoms with E-state index in [1.165, 1.54) is 53.1 Å². The van der Waals surface area contributed by atoms with E-state index < -0.39 is 5.97 Å². The molecule has 0 saturated carbocycles. The summed E-state index contributed by atoms with van der Waals surface area (Å²) in [6, 6.07) is 20.3. The lowest BCUT2D eigenvalue weighted by Gasteiger charge is -2.22. The number of hydrogen-bond donors (Lipinski definition) is 2. The van der Waals surface area contributed by atoms with Crippen molar-refractivity contribution in [3.63, 3.8) is 0 Å². The van der Waals surface area contributed by atoms with Gasteiger partial charge in [-0.3, -0.25) is 14.6 Å². The van der Waals surface area contributed by atoms with E-state index in [9.17, 15) is 15.0 Å². The number of fused-ring (bicyclic) bond motifs is 1. The molecule has 2 N–H and O–H groups in total. The van der Waals surface area contributed by atoms with Gasteiger partial charge in [0.15, 0.2) is 0 Å². The Balaban J connectivity index is 1.22. The molecule has 214 valence electrons. The number of aryl methyl sites for hydroxylation is 1. The van der Waals surface area contributed by atoms with Gasteiger partial charge in [-0.25, -0.2) is 0 Å². The smallest absolute Gasteiger partial charge is 0.320 e. The minimum Gasteiger partial charge on any atom is -0.508 e. The second-order valence-corrected chi connectivity index (χ2v) is 12.5. The topological polar surface area (TPSA) is 73.2 Å². The zero-order chi connectivity index (χ0) is 28.3. The molecule has 1 atom stereocenters. The summed E-state index contributed by atoms with van der Waals surface area (Å²) in [6.45, 7) is 7.66. The van der Waals surface area contributed by atoms with Gasteiger partial charge in [0, 0.05) is 22.7 Å². The van der Waals surface area contributed by atoms with E-state index in [0.29, 0.717) is 13.2 Å². The van der Waals surface area contributed by atoms with Gasteiger partial charge in [0.2, 0.25) is 0 Å². The van der Waals surface area contributed by atoms with Gasteiger partial charge in [-0.2, -0.15) is 0 Å². The maximum Gasteiger partial charge on any atom is 0.320 e. The van der Waals surface area contributed by atoms with Crippen LogP contribution in [-0.4, -0.2) is 64.8 Å². The number of aliphatic carboxylic acids is 1. The van der Waals surface area contributed by atoms with Gasteiger partial charge in [0.1, 0.15) is 24.1 Å². The minimum atomic E-state index is -0.721. The summed E-state index contributed by atoms with van der Waals surface area (Å²) in [6.07, 6.45) is 5.01. The number of phenolic OH excluding ortho intramolecular Hbond substituents is 1. The van der Waals surface area contributed by atoms with E-state index in [2.05, 4.69) is 59.2 Å². The lowest BCUT2D eigenvalue weighted by Crippen LogP contribution is -2.35. The second kappa shape index (κ2) is 12.2. The minimum absolute atomic E-state index is 0.278. The lowest BCUT2D eigenvalue weighted by atomic mass is 9.96. The van der Waals surface area contributed by atoms with E-state index in [4.69, 9.17) is 4.74 Å². The van der Waals surface area contributed by atoms with E-state index in [-0.39, 0.29) is 11.8 Å². The Morgan fingerprint density at radius 3 is 2.56 bits per heavy atom. The largest absolute Gasteiger partial charge is 0.508 e. The molecule has 0 aliphatic carbocycles. The Kier molecular flexibility index (Phi) is 8.28. The zero-order valence-electron chi connectivity index (χ0n) is 23.6. The first-order chi connectivity index (χ1) is 19.9. The Hall–Kier alpha value is -3.39. The number of ether oxygens (including phenoxy) is 1. The number of carboxylic acids is 1. The number of thiophene rings is 1. The van der Waals surface area contributed by atoms with Crippen LogP contribution in [0.3, 0.4) is 0 Å². The molecule has 0 unspecified atom stereocenters. The van der Waals surface area contributed by atoms with Crippen molar-refractivity contribution >= 4 is 27.4 Å². The molecule has 4 aromatic rings. The van der Waals surface area contributed by atoms with E-state index in [1.54, 1.807) is 17.4 Å². The summed E-state index contributed by atoms with van der Waals surface area (Å²) in [5, 5.41) is 20.9. The molecule has 6 rings (SSSR count). The van der Waals surface area contributed by atoms with Crippen LogP contribution in [0.1, 0.15) is 47.9 Å². The molecule has 2 fully saturated rings. The fourth-order valence-electron chi connectivity index (χ4n) is 6.31. The van der Waals surface area contributed by atoms with Crippen LogP contribution in [-0.2, 0) is 17.8 Å². The van der Waals surface area contributed by atoms with Crippen molar-refractivity contribution in [2.45, 2.75) is 51.6 Å². The average Bonchev–Trinajstić information content (AvgIpc) is 3.72. The molecule has 0 spiro atoms. The molecule has 2 aliphatic heterocycles. The number of aromatic hydroxyl groups is 1. The summed E-state index contributed by atoms with van der Waals surface area (Å²) < 4.78 is 7.12.